The van der Waals surface area contributed by atoms with E-state index in [0.717, 1.165) is 24.6 Å². The summed E-state index contributed by atoms with van der Waals surface area (Å²) in [6.45, 7) is 4.56. The number of aromatic nitrogens is 3. The van der Waals surface area contributed by atoms with Crippen LogP contribution in [0.4, 0.5) is 16.3 Å². The fraction of sp³-hybridized carbons (Fsp3) is 0.438. The second kappa shape index (κ2) is 7.13. The van der Waals surface area contributed by atoms with Crippen LogP contribution in [-0.4, -0.2) is 39.9 Å². The van der Waals surface area contributed by atoms with Gasteiger partial charge in [-0.1, -0.05) is 0 Å². The SMILES string of the molecule is C[C@@H](Cn1cccn1)NC(=O)Nc1cccnc1N1CCCC1. The third-order valence-electron chi connectivity index (χ3n) is 3.84. The first kappa shape index (κ1) is 15.3. The minimum absolute atomic E-state index is 0.0261. The van der Waals surface area contributed by atoms with Gasteiger partial charge < -0.3 is 15.5 Å². The lowest BCUT2D eigenvalue weighted by Crippen LogP contribution is -2.39. The van der Waals surface area contributed by atoms with Crippen LogP contribution in [0.1, 0.15) is 19.8 Å². The molecule has 7 nitrogen and oxygen atoms in total. The summed E-state index contributed by atoms with van der Waals surface area (Å²) in [7, 11) is 0. The van der Waals surface area contributed by atoms with E-state index in [2.05, 4.69) is 25.6 Å². The summed E-state index contributed by atoms with van der Waals surface area (Å²) in [5.74, 6) is 0.847. The zero-order valence-electron chi connectivity index (χ0n) is 13.3. The van der Waals surface area contributed by atoms with Gasteiger partial charge in [-0.25, -0.2) is 9.78 Å². The molecule has 2 N–H and O–H groups in total. The number of amides is 2. The van der Waals surface area contributed by atoms with E-state index in [-0.39, 0.29) is 12.1 Å². The number of hydrogen-bond donors (Lipinski definition) is 2. The highest BCUT2D eigenvalue weighted by Gasteiger charge is 2.18. The molecule has 3 rings (SSSR count). The number of nitrogens with zero attached hydrogens (tertiary/aromatic N) is 4. The van der Waals surface area contributed by atoms with E-state index in [4.69, 9.17) is 0 Å². The van der Waals surface area contributed by atoms with Gasteiger partial charge in [0.1, 0.15) is 0 Å². The highest BCUT2D eigenvalue weighted by Crippen LogP contribution is 2.25. The standard InChI is InChI=1S/C16H22N6O/c1-13(12-22-11-5-8-18-22)19-16(23)20-14-6-4-7-17-15(14)21-9-2-3-10-21/h4-8,11,13H,2-3,9-10,12H2,1H3,(H2,19,20,23)/t13-/m0/s1. The lowest BCUT2D eigenvalue weighted by Gasteiger charge is -2.21. The van der Waals surface area contributed by atoms with Crippen molar-refractivity contribution >= 4 is 17.5 Å². The number of nitrogens with one attached hydrogen (secondary N) is 2. The van der Waals surface area contributed by atoms with Crippen molar-refractivity contribution in [3.63, 3.8) is 0 Å². The van der Waals surface area contributed by atoms with E-state index in [9.17, 15) is 4.79 Å². The lowest BCUT2D eigenvalue weighted by molar-refractivity contribution is 0.247. The third kappa shape index (κ3) is 4.00. The van der Waals surface area contributed by atoms with Crippen LogP contribution in [0.3, 0.4) is 0 Å². The summed E-state index contributed by atoms with van der Waals surface area (Å²) in [6.07, 6.45) is 7.71. The first-order valence-corrected chi connectivity index (χ1v) is 7.97. The summed E-state index contributed by atoms with van der Waals surface area (Å²) in [6, 6.07) is 5.34. The van der Waals surface area contributed by atoms with Crippen LogP contribution in [0, 0.1) is 0 Å². The molecule has 23 heavy (non-hydrogen) atoms. The Balaban J connectivity index is 1.59. The summed E-state index contributed by atoms with van der Waals surface area (Å²) in [5, 5.41) is 9.98. The Bertz CT molecular complexity index is 636. The van der Waals surface area contributed by atoms with E-state index < -0.39 is 0 Å². The number of anilines is 2. The van der Waals surface area contributed by atoms with Gasteiger partial charge in [0.05, 0.1) is 12.2 Å². The summed E-state index contributed by atoms with van der Waals surface area (Å²) in [5.41, 5.74) is 0.748. The fourth-order valence-corrected chi connectivity index (χ4v) is 2.79. The number of pyridine rings is 1. The van der Waals surface area contributed by atoms with Crippen molar-refractivity contribution in [1.82, 2.24) is 20.1 Å². The second-order valence-corrected chi connectivity index (χ2v) is 5.80. The highest BCUT2D eigenvalue weighted by atomic mass is 16.2. The zero-order chi connectivity index (χ0) is 16.1. The van der Waals surface area contributed by atoms with Crippen LogP contribution in [0.5, 0.6) is 0 Å². The molecule has 122 valence electrons. The maximum absolute atomic E-state index is 12.2. The van der Waals surface area contributed by atoms with Crippen LogP contribution < -0.4 is 15.5 Å². The van der Waals surface area contributed by atoms with Crippen LogP contribution in [0.15, 0.2) is 36.8 Å². The molecule has 0 saturated carbocycles. The predicted octanol–water partition coefficient (Wildman–Crippen LogP) is 2.09. The smallest absolute Gasteiger partial charge is 0.319 e. The van der Waals surface area contributed by atoms with Crippen LogP contribution >= 0.6 is 0 Å². The molecule has 1 atom stereocenters. The van der Waals surface area contributed by atoms with Gasteiger partial charge in [-0.2, -0.15) is 5.10 Å². The maximum atomic E-state index is 12.2. The number of hydrogen-bond acceptors (Lipinski definition) is 4. The Morgan fingerprint density at radius 3 is 2.87 bits per heavy atom. The van der Waals surface area contributed by atoms with E-state index in [1.807, 2.05) is 31.3 Å². The van der Waals surface area contributed by atoms with Gasteiger partial charge in [0.2, 0.25) is 0 Å². The van der Waals surface area contributed by atoms with Gasteiger partial charge in [-0.15, -0.1) is 0 Å². The normalized spacial score (nSPS) is 15.4. The molecule has 1 saturated heterocycles. The van der Waals surface area contributed by atoms with Crippen molar-refractivity contribution < 1.29 is 4.79 Å². The third-order valence-corrected chi connectivity index (χ3v) is 3.84. The van der Waals surface area contributed by atoms with Crippen LogP contribution in [0.2, 0.25) is 0 Å². The van der Waals surface area contributed by atoms with Gasteiger partial charge in [-0.3, -0.25) is 4.68 Å². The largest absolute Gasteiger partial charge is 0.355 e. The van der Waals surface area contributed by atoms with Gasteiger partial charge in [0.15, 0.2) is 5.82 Å². The minimum atomic E-state index is -0.224. The van der Waals surface area contributed by atoms with Crippen LogP contribution in [-0.2, 0) is 6.54 Å². The van der Waals surface area contributed by atoms with Crippen molar-refractivity contribution in [3.8, 4) is 0 Å². The molecule has 1 fully saturated rings. The van der Waals surface area contributed by atoms with Crippen molar-refractivity contribution in [3.05, 3.63) is 36.8 Å². The zero-order valence-corrected chi connectivity index (χ0v) is 13.3. The summed E-state index contributed by atoms with van der Waals surface area (Å²) < 4.78 is 1.80. The van der Waals surface area contributed by atoms with Crippen molar-refractivity contribution in [2.45, 2.75) is 32.4 Å². The molecular weight excluding hydrogens is 292 g/mol. The Labute approximate surface area is 135 Å². The number of carbonyl (C=O) groups is 1. The van der Waals surface area contributed by atoms with Gasteiger partial charge in [-0.05, 0) is 38.0 Å². The van der Waals surface area contributed by atoms with Crippen molar-refractivity contribution in [2.75, 3.05) is 23.3 Å². The molecule has 3 heterocycles. The Kier molecular flexibility index (Phi) is 4.75. The molecule has 0 aliphatic carbocycles. The summed E-state index contributed by atoms with van der Waals surface area (Å²) in [4.78, 5) is 18.9. The molecule has 2 aromatic rings. The molecule has 1 aliphatic heterocycles. The molecule has 0 radical (unpaired) electrons. The Hall–Kier alpha value is -2.57. The number of carbonyl (C=O) groups excluding carboxylic acids is 1. The van der Waals surface area contributed by atoms with E-state index in [1.54, 1.807) is 17.1 Å². The summed E-state index contributed by atoms with van der Waals surface area (Å²) >= 11 is 0. The topological polar surface area (TPSA) is 75.1 Å². The van der Waals surface area contributed by atoms with Crippen molar-refractivity contribution in [1.29, 1.82) is 0 Å². The number of rotatable bonds is 5. The maximum Gasteiger partial charge on any atom is 0.319 e. The Morgan fingerprint density at radius 2 is 2.13 bits per heavy atom. The van der Waals surface area contributed by atoms with E-state index in [1.165, 1.54) is 12.8 Å². The molecule has 0 unspecified atom stereocenters. The van der Waals surface area contributed by atoms with E-state index in [0.29, 0.717) is 6.54 Å². The first-order chi connectivity index (χ1) is 11.2. The fourth-order valence-electron chi connectivity index (χ4n) is 2.79. The monoisotopic (exact) mass is 314 g/mol. The van der Waals surface area contributed by atoms with Crippen LogP contribution in [0.25, 0.3) is 0 Å². The molecule has 7 heteroatoms. The molecule has 0 aromatic carbocycles. The molecule has 2 amide bonds. The average Bonchev–Trinajstić information content (AvgIpc) is 3.20. The molecule has 0 bridgehead atoms. The predicted molar refractivity (Wildman–Crippen MR) is 89.5 cm³/mol. The molecule has 1 aliphatic rings. The van der Waals surface area contributed by atoms with Gasteiger partial charge >= 0.3 is 6.03 Å². The highest BCUT2D eigenvalue weighted by molar-refractivity contribution is 5.92. The van der Waals surface area contributed by atoms with Crippen molar-refractivity contribution in [2.24, 2.45) is 0 Å². The van der Waals surface area contributed by atoms with Gasteiger partial charge in [0, 0.05) is 37.7 Å². The quantitative estimate of drug-likeness (QED) is 0.886. The minimum Gasteiger partial charge on any atom is -0.355 e. The molecular formula is C16H22N6O. The number of urea groups is 1. The second-order valence-electron chi connectivity index (χ2n) is 5.80. The van der Waals surface area contributed by atoms with E-state index >= 15 is 0 Å². The molecule has 2 aromatic heterocycles. The average molecular weight is 314 g/mol. The molecule has 0 spiro atoms. The van der Waals surface area contributed by atoms with Gasteiger partial charge in [0.25, 0.3) is 0 Å². The lowest BCUT2D eigenvalue weighted by atomic mass is 10.3. The first-order valence-electron chi connectivity index (χ1n) is 7.97. The Morgan fingerprint density at radius 1 is 1.30 bits per heavy atom.